The van der Waals surface area contributed by atoms with E-state index in [1.807, 2.05) is 24.3 Å². The second-order valence-electron chi connectivity index (χ2n) is 4.44. The third kappa shape index (κ3) is 3.32. The number of nitro benzene ring substituents is 1. The molecule has 0 unspecified atom stereocenters. The second kappa shape index (κ2) is 6.14. The van der Waals surface area contributed by atoms with Crippen molar-refractivity contribution in [1.29, 1.82) is 0 Å². The van der Waals surface area contributed by atoms with Gasteiger partial charge in [0.15, 0.2) is 0 Å². The molecule has 0 heterocycles. The molecule has 2 aromatic carbocycles. The summed E-state index contributed by atoms with van der Waals surface area (Å²) in [7, 11) is 0. The molecule has 0 saturated heterocycles. The monoisotopic (exact) mass is 274 g/mol. The summed E-state index contributed by atoms with van der Waals surface area (Å²) in [6, 6.07) is 11.5. The molecule has 2 rings (SSSR count). The number of hydrogen-bond acceptors (Lipinski definition) is 3. The predicted octanol–water partition coefficient (Wildman–Crippen LogP) is 3.91. The average Bonchev–Trinajstić information content (AvgIpc) is 2.46. The van der Waals surface area contributed by atoms with Gasteiger partial charge in [-0.25, -0.2) is 4.39 Å². The SMILES string of the molecule is CCc1ccc(CNc2ccc(F)cc2[N+](=O)[O-])cc1. The van der Waals surface area contributed by atoms with Crippen molar-refractivity contribution in [2.45, 2.75) is 19.9 Å². The summed E-state index contributed by atoms with van der Waals surface area (Å²) in [5.41, 5.74) is 2.31. The summed E-state index contributed by atoms with van der Waals surface area (Å²) < 4.78 is 13.0. The number of nitrogens with one attached hydrogen (secondary N) is 1. The van der Waals surface area contributed by atoms with E-state index in [1.54, 1.807) is 0 Å². The van der Waals surface area contributed by atoms with E-state index in [0.29, 0.717) is 12.2 Å². The largest absolute Gasteiger partial charge is 0.375 e. The molecule has 0 amide bonds. The van der Waals surface area contributed by atoms with Crippen LogP contribution in [0, 0.1) is 15.9 Å². The zero-order chi connectivity index (χ0) is 14.5. The number of anilines is 1. The molecule has 0 radical (unpaired) electrons. The van der Waals surface area contributed by atoms with Gasteiger partial charge in [-0.3, -0.25) is 10.1 Å². The average molecular weight is 274 g/mol. The Hall–Kier alpha value is -2.43. The van der Waals surface area contributed by atoms with Crippen LogP contribution in [0.1, 0.15) is 18.1 Å². The van der Waals surface area contributed by atoms with Gasteiger partial charge in [-0.05, 0) is 29.7 Å². The molecule has 0 aliphatic rings. The van der Waals surface area contributed by atoms with Crippen LogP contribution in [-0.2, 0) is 13.0 Å². The Kier molecular flexibility index (Phi) is 4.30. The molecular weight excluding hydrogens is 259 g/mol. The number of benzene rings is 2. The van der Waals surface area contributed by atoms with Crippen molar-refractivity contribution in [3.8, 4) is 0 Å². The highest BCUT2D eigenvalue weighted by atomic mass is 19.1. The van der Waals surface area contributed by atoms with E-state index in [1.165, 1.54) is 17.7 Å². The van der Waals surface area contributed by atoms with Crippen LogP contribution >= 0.6 is 0 Å². The van der Waals surface area contributed by atoms with Gasteiger partial charge in [0.25, 0.3) is 5.69 Å². The summed E-state index contributed by atoms with van der Waals surface area (Å²) in [4.78, 5) is 10.3. The van der Waals surface area contributed by atoms with Gasteiger partial charge in [0.2, 0.25) is 0 Å². The number of aryl methyl sites for hydroxylation is 1. The molecule has 20 heavy (non-hydrogen) atoms. The molecule has 5 heteroatoms. The van der Waals surface area contributed by atoms with Gasteiger partial charge < -0.3 is 5.32 Å². The number of hydrogen-bond donors (Lipinski definition) is 1. The fourth-order valence-corrected chi connectivity index (χ4v) is 1.90. The molecule has 0 fully saturated rings. The molecule has 0 aliphatic carbocycles. The van der Waals surface area contributed by atoms with Crippen LogP contribution in [0.25, 0.3) is 0 Å². The lowest BCUT2D eigenvalue weighted by molar-refractivity contribution is -0.384. The topological polar surface area (TPSA) is 55.2 Å². The van der Waals surface area contributed by atoms with Crippen molar-refractivity contribution < 1.29 is 9.31 Å². The van der Waals surface area contributed by atoms with Crippen LogP contribution in [0.3, 0.4) is 0 Å². The maximum atomic E-state index is 13.0. The lowest BCUT2D eigenvalue weighted by atomic mass is 10.1. The first-order chi connectivity index (χ1) is 9.60. The van der Waals surface area contributed by atoms with E-state index in [4.69, 9.17) is 0 Å². The van der Waals surface area contributed by atoms with Crippen LogP contribution in [-0.4, -0.2) is 4.92 Å². The second-order valence-corrected chi connectivity index (χ2v) is 4.44. The van der Waals surface area contributed by atoms with Crippen molar-refractivity contribution in [2.24, 2.45) is 0 Å². The summed E-state index contributed by atoms with van der Waals surface area (Å²) >= 11 is 0. The standard InChI is InChI=1S/C15H15FN2O2/c1-2-11-3-5-12(6-4-11)10-17-14-8-7-13(16)9-15(14)18(19)20/h3-9,17H,2,10H2,1H3. The van der Waals surface area contributed by atoms with Crippen LogP contribution in [0.15, 0.2) is 42.5 Å². The fraction of sp³-hybridized carbons (Fsp3) is 0.200. The van der Waals surface area contributed by atoms with E-state index < -0.39 is 10.7 Å². The number of nitro groups is 1. The number of rotatable bonds is 5. The smallest absolute Gasteiger partial charge is 0.295 e. The van der Waals surface area contributed by atoms with Gasteiger partial charge in [-0.1, -0.05) is 31.2 Å². The quantitative estimate of drug-likeness (QED) is 0.664. The van der Waals surface area contributed by atoms with Gasteiger partial charge in [0.1, 0.15) is 11.5 Å². The first kappa shape index (κ1) is 14.0. The molecule has 0 saturated carbocycles. The van der Waals surface area contributed by atoms with Crippen molar-refractivity contribution in [2.75, 3.05) is 5.32 Å². The Morgan fingerprint density at radius 1 is 1.15 bits per heavy atom. The van der Waals surface area contributed by atoms with Crippen molar-refractivity contribution in [1.82, 2.24) is 0 Å². The lowest BCUT2D eigenvalue weighted by Gasteiger charge is -2.08. The van der Waals surface area contributed by atoms with Crippen LogP contribution in [0.4, 0.5) is 15.8 Å². The molecular formula is C15H15FN2O2. The predicted molar refractivity (Wildman–Crippen MR) is 76.2 cm³/mol. The van der Waals surface area contributed by atoms with Crippen LogP contribution in [0.2, 0.25) is 0 Å². The highest BCUT2D eigenvalue weighted by molar-refractivity contribution is 5.61. The highest BCUT2D eigenvalue weighted by Crippen LogP contribution is 2.25. The van der Waals surface area contributed by atoms with Crippen LogP contribution < -0.4 is 5.32 Å². The fourth-order valence-electron chi connectivity index (χ4n) is 1.90. The number of nitrogens with zero attached hydrogens (tertiary/aromatic N) is 1. The summed E-state index contributed by atoms with van der Waals surface area (Å²) in [6.07, 6.45) is 0.969. The Morgan fingerprint density at radius 2 is 1.80 bits per heavy atom. The van der Waals surface area contributed by atoms with E-state index >= 15 is 0 Å². The normalized spacial score (nSPS) is 10.3. The number of halogens is 1. The van der Waals surface area contributed by atoms with Gasteiger partial charge >= 0.3 is 0 Å². The molecule has 0 bridgehead atoms. The first-order valence-corrected chi connectivity index (χ1v) is 6.35. The molecule has 0 atom stereocenters. The molecule has 104 valence electrons. The van der Waals surface area contributed by atoms with Gasteiger partial charge in [0.05, 0.1) is 11.0 Å². The van der Waals surface area contributed by atoms with E-state index in [9.17, 15) is 14.5 Å². The summed E-state index contributed by atoms with van der Waals surface area (Å²) in [5, 5.41) is 13.8. The minimum atomic E-state index is -0.616. The maximum Gasteiger partial charge on any atom is 0.295 e. The van der Waals surface area contributed by atoms with Crippen LogP contribution in [0.5, 0.6) is 0 Å². The highest BCUT2D eigenvalue weighted by Gasteiger charge is 2.14. The summed E-state index contributed by atoms with van der Waals surface area (Å²) in [5.74, 6) is -0.616. The third-order valence-electron chi connectivity index (χ3n) is 3.07. The molecule has 0 aromatic heterocycles. The Morgan fingerprint density at radius 3 is 2.40 bits per heavy atom. The van der Waals surface area contributed by atoms with E-state index in [0.717, 1.165) is 18.1 Å². The third-order valence-corrected chi connectivity index (χ3v) is 3.07. The van der Waals surface area contributed by atoms with E-state index in [2.05, 4.69) is 12.2 Å². The van der Waals surface area contributed by atoms with Gasteiger partial charge in [-0.15, -0.1) is 0 Å². The van der Waals surface area contributed by atoms with Crippen molar-refractivity contribution >= 4 is 11.4 Å². The molecule has 1 N–H and O–H groups in total. The minimum absolute atomic E-state index is 0.254. The molecule has 0 spiro atoms. The Balaban J connectivity index is 2.12. The Labute approximate surface area is 116 Å². The molecule has 4 nitrogen and oxygen atoms in total. The van der Waals surface area contributed by atoms with E-state index in [-0.39, 0.29) is 5.69 Å². The zero-order valence-corrected chi connectivity index (χ0v) is 11.1. The molecule has 0 aliphatic heterocycles. The molecule has 2 aromatic rings. The summed E-state index contributed by atoms with van der Waals surface area (Å²) in [6.45, 7) is 2.53. The maximum absolute atomic E-state index is 13.0. The zero-order valence-electron chi connectivity index (χ0n) is 11.1. The van der Waals surface area contributed by atoms with Crippen molar-refractivity contribution in [3.63, 3.8) is 0 Å². The van der Waals surface area contributed by atoms with Gasteiger partial charge in [-0.2, -0.15) is 0 Å². The van der Waals surface area contributed by atoms with Crippen molar-refractivity contribution in [3.05, 3.63) is 69.5 Å². The minimum Gasteiger partial charge on any atom is -0.375 e. The first-order valence-electron chi connectivity index (χ1n) is 6.35. The lowest BCUT2D eigenvalue weighted by Crippen LogP contribution is -2.03. The Bertz CT molecular complexity index is 612. The van der Waals surface area contributed by atoms with Gasteiger partial charge in [0, 0.05) is 6.54 Å².